The van der Waals surface area contributed by atoms with Gasteiger partial charge in [0.25, 0.3) is 15.9 Å². The molecule has 0 radical (unpaired) electrons. The van der Waals surface area contributed by atoms with Crippen LogP contribution in [0.3, 0.4) is 0 Å². The Morgan fingerprint density at radius 2 is 1.77 bits per heavy atom. The first-order chi connectivity index (χ1) is 15.0. The number of fused-ring (bicyclic) bond motifs is 2. The van der Waals surface area contributed by atoms with E-state index in [1.54, 1.807) is 60.7 Å². The first kappa shape index (κ1) is 19.7. The van der Waals surface area contributed by atoms with Gasteiger partial charge >= 0.3 is 0 Å². The molecule has 1 amide bonds. The molecule has 156 valence electrons. The highest BCUT2D eigenvalue weighted by Crippen LogP contribution is 2.34. The van der Waals surface area contributed by atoms with Crippen LogP contribution in [0.2, 0.25) is 0 Å². The molecule has 0 atom stereocenters. The maximum Gasteiger partial charge on any atom is 0.264 e. The van der Waals surface area contributed by atoms with Crippen LogP contribution in [-0.2, 0) is 16.4 Å². The van der Waals surface area contributed by atoms with Gasteiger partial charge in [-0.15, -0.1) is 0 Å². The molecule has 0 fully saturated rings. The zero-order valence-corrected chi connectivity index (χ0v) is 18.0. The minimum absolute atomic E-state index is 0.251. The van der Waals surface area contributed by atoms with Crippen LogP contribution < -0.4 is 9.62 Å². The molecule has 0 unspecified atom stereocenters. The minimum atomic E-state index is -3.64. The molecule has 31 heavy (non-hydrogen) atoms. The second-order valence-corrected chi connectivity index (χ2v) is 9.65. The molecule has 1 N–H and O–H groups in total. The summed E-state index contributed by atoms with van der Waals surface area (Å²) < 4.78 is 36.0. The van der Waals surface area contributed by atoms with E-state index in [0.29, 0.717) is 35.4 Å². The lowest BCUT2D eigenvalue weighted by atomic mass is 10.0. The number of benzene rings is 3. The first-order valence-electron chi connectivity index (χ1n) is 9.77. The number of sulfonamides is 1. The second kappa shape index (κ2) is 7.75. The van der Waals surface area contributed by atoms with E-state index in [9.17, 15) is 13.2 Å². The van der Waals surface area contributed by atoms with Crippen molar-refractivity contribution in [3.63, 3.8) is 0 Å². The van der Waals surface area contributed by atoms with Crippen LogP contribution in [0.1, 0.15) is 22.3 Å². The van der Waals surface area contributed by atoms with Crippen LogP contribution in [0, 0.1) is 0 Å². The van der Waals surface area contributed by atoms with Crippen LogP contribution in [0.4, 0.5) is 11.4 Å². The van der Waals surface area contributed by atoms with Crippen molar-refractivity contribution in [1.82, 2.24) is 8.75 Å². The first-order valence-corrected chi connectivity index (χ1v) is 11.9. The molecule has 0 bridgehead atoms. The lowest BCUT2D eigenvalue weighted by molar-refractivity contribution is 0.102. The average molecular weight is 451 g/mol. The molecular formula is C22H18N4O3S2. The molecule has 4 aromatic rings. The molecule has 1 aliphatic heterocycles. The van der Waals surface area contributed by atoms with Gasteiger partial charge in [-0.3, -0.25) is 9.10 Å². The van der Waals surface area contributed by atoms with E-state index >= 15 is 0 Å². The Balaban J connectivity index is 1.42. The Bertz CT molecular complexity index is 1380. The normalized spacial score (nSPS) is 13.7. The number of amides is 1. The number of nitrogens with zero attached hydrogens (tertiary/aromatic N) is 3. The summed E-state index contributed by atoms with van der Waals surface area (Å²) in [6.45, 7) is 0.428. The highest BCUT2D eigenvalue weighted by molar-refractivity contribution is 7.92. The third kappa shape index (κ3) is 3.66. The lowest BCUT2D eigenvalue weighted by Gasteiger charge is -2.30. The Morgan fingerprint density at radius 3 is 2.61 bits per heavy atom. The van der Waals surface area contributed by atoms with E-state index in [-0.39, 0.29) is 10.8 Å². The molecule has 9 heteroatoms. The number of hydrogen-bond donors (Lipinski definition) is 1. The third-order valence-corrected chi connectivity index (χ3v) is 7.64. The van der Waals surface area contributed by atoms with Gasteiger partial charge in [-0.1, -0.05) is 18.2 Å². The zero-order chi connectivity index (χ0) is 21.4. The van der Waals surface area contributed by atoms with E-state index in [0.717, 1.165) is 29.2 Å². The molecule has 7 nitrogen and oxygen atoms in total. The van der Waals surface area contributed by atoms with E-state index in [4.69, 9.17) is 0 Å². The smallest absolute Gasteiger partial charge is 0.264 e. The van der Waals surface area contributed by atoms with Crippen molar-refractivity contribution in [2.24, 2.45) is 0 Å². The fraction of sp³-hybridized carbons (Fsp3) is 0.136. The molecule has 3 aromatic carbocycles. The zero-order valence-electron chi connectivity index (χ0n) is 16.4. The van der Waals surface area contributed by atoms with Crippen LogP contribution in [-0.4, -0.2) is 29.6 Å². The minimum Gasteiger partial charge on any atom is -0.322 e. The van der Waals surface area contributed by atoms with E-state index in [2.05, 4.69) is 14.1 Å². The van der Waals surface area contributed by atoms with Crippen molar-refractivity contribution in [2.75, 3.05) is 16.2 Å². The topological polar surface area (TPSA) is 92.3 Å². The van der Waals surface area contributed by atoms with Gasteiger partial charge in [-0.25, -0.2) is 8.42 Å². The van der Waals surface area contributed by atoms with Crippen molar-refractivity contribution in [1.29, 1.82) is 0 Å². The number of anilines is 2. The van der Waals surface area contributed by atoms with Gasteiger partial charge in [0.05, 0.1) is 22.3 Å². The van der Waals surface area contributed by atoms with Gasteiger partial charge in [-0.2, -0.15) is 8.75 Å². The lowest BCUT2D eigenvalue weighted by Crippen LogP contribution is -2.35. The Hall–Kier alpha value is -3.30. The summed E-state index contributed by atoms with van der Waals surface area (Å²) in [7, 11) is -3.64. The van der Waals surface area contributed by atoms with Gasteiger partial charge in [0.15, 0.2) is 0 Å². The largest absolute Gasteiger partial charge is 0.322 e. The maximum atomic E-state index is 13.1. The van der Waals surface area contributed by atoms with E-state index < -0.39 is 10.0 Å². The molecule has 0 spiro atoms. The van der Waals surface area contributed by atoms with Crippen molar-refractivity contribution in [2.45, 2.75) is 17.7 Å². The van der Waals surface area contributed by atoms with Gasteiger partial charge < -0.3 is 5.32 Å². The van der Waals surface area contributed by atoms with Gasteiger partial charge in [0.2, 0.25) is 0 Å². The van der Waals surface area contributed by atoms with Gasteiger partial charge in [-0.05, 0) is 66.9 Å². The fourth-order valence-corrected chi connectivity index (χ4v) is 5.82. The summed E-state index contributed by atoms with van der Waals surface area (Å²) >= 11 is 1.11. The predicted octanol–water partition coefficient (Wildman–Crippen LogP) is 4.09. The third-order valence-electron chi connectivity index (χ3n) is 5.26. The number of carbonyl (C=O) groups is 1. The van der Waals surface area contributed by atoms with Crippen LogP contribution in [0.25, 0.3) is 11.0 Å². The molecule has 1 aliphatic rings. The Labute approximate surface area is 183 Å². The highest BCUT2D eigenvalue weighted by atomic mass is 32.2. The SMILES string of the molecule is O=C(Nc1ccc2c(c1)CCCN2S(=O)(=O)c1ccccc1)c1ccc2nsnc2c1. The molecule has 2 heterocycles. The van der Waals surface area contributed by atoms with Crippen molar-refractivity contribution < 1.29 is 13.2 Å². The molecule has 0 saturated heterocycles. The van der Waals surface area contributed by atoms with Crippen LogP contribution in [0.15, 0.2) is 71.6 Å². The predicted molar refractivity (Wildman–Crippen MR) is 121 cm³/mol. The molecule has 0 saturated carbocycles. The quantitative estimate of drug-likeness (QED) is 0.506. The monoisotopic (exact) mass is 450 g/mol. The molecule has 0 aliphatic carbocycles. The van der Waals surface area contributed by atoms with Crippen molar-refractivity contribution in [3.05, 3.63) is 77.9 Å². The van der Waals surface area contributed by atoms with E-state index in [1.807, 2.05) is 6.07 Å². The van der Waals surface area contributed by atoms with Crippen LogP contribution in [0.5, 0.6) is 0 Å². The maximum absolute atomic E-state index is 13.1. The summed E-state index contributed by atoms with van der Waals surface area (Å²) in [5.74, 6) is -0.251. The Kier molecular flexibility index (Phi) is 4.91. The number of nitrogens with one attached hydrogen (secondary N) is 1. The molecular weight excluding hydrogens is 432 g/mol. The number of carbonyl (C=O) groups excluding carboxylic acids is 1. The molecule has 1 aromatic heterocycles. The molecule has 5 rings (SSSR count). The highest BCUT2D eigenvalue weighted by Gasteiger charge is 2.29. The summed E-state index contributed by atoms with van der Waals surface area (Å²) in [4.78, 5) is 13.0. The van der Waals surface area contributed by atoms with Crippen molar-refractivity contribution in [3.8, 4) is 0 Å². The van der Waals surface area contributed by atoms with Crippen molar-refractivity contribution >= 4 is 50.1 Å². The van der Waals surface area contributed by atoms with Gasteiger partial charge in [0.1, 0.15) is 11.0 Å². The number of rotatable bonds is 4. The standard InChI is InChI=1S/C22H18N4O3S2/c27-22(16-8-10-19-20(14-16)25-30-24-19)23-17-9-11-21-15(13-17)5-4-12-26(21)31(28,29)18-6-2-1-3-7-18/h1-3,6-11,13-14H,4-5,12H2,(H,23,27). The van der Waals surface area contributed by atoms with Gasteiger partial charge in [0, 0.05) is 17.8 Å². The van der Waals surface area contributed by atoms with Crippen LogP contribution >= 0.6 is 11.7 Å². The summed E-state index contributed by atoms with van der Waals surface area (Å²) in [6, 6.07) is 19.0. The fourth-order valence-electron chi connectivity index (χ4n) is 3.74. The number of hydrogen-bond acceptors (Lipinski definition) is 6. The summed E-state index contributed by atoms with van der Waals surface area (Å²) in [6.07, 6.45) is 1.46. The second-order valence-electron chi connectivity index (χ2n) is 7.26. The summed E-state index contributed by atoms with van der Waals surface area (Å²) in [5, 5.41) is 2.90. The van der Waals surface area contributed by atoms with E-state index in [1.165, 1.54) is 4.31 Å². The number of aryl methyl sites for hydroxylation is 1. The Morgan fingerprint density at radius 1 is 0.968 bits per heavy atom. The average Bonchev–Trinajstić information content (AvgIpc) is 3.27. The number of aromatic nitrogens is 2. The summed E-state index contributed by atoms with van der Waals surface area (Å²) in [5.41, 5.74) is 4.11.